The van der Waals surface area contributed by atoms with Gasteiger partial charge in [-0.3, -0.25) is 0 Å². The number of aromatic nitrogens is 4. The first-order valence-electron chi connectivity index (χ1n) is 9.04. The summed E-state index contributed by atoms with van der Waals surface area (Å²) in [5, 5.41) is 17.2. The van der Waals surface area contributed by atoms with Gasteiger partial charge in [0.05, 0.1) is 11.4 Å². The van der Waals surface area contributed by atoms with Crippen LogP contribution >= 0.6 is 11.3 Å². The molecule has 0 aliphatic heterocycles. The topological polar surface area (TPSA) is 83.2 Å². The maximum absolute atomic E-state index is 11.5. The first-order chi connectivity index (χ1) is 13.0. The molecule has 0 unspecified atom stereocenters. The number of thiophene rings is 1. The summed E-state index contributed by atoms with van der Waals surface area (Å²) in [6.07, 6.45) is 3.45. The van der Waals surface area contributed by atoms with Gasteiger partial charge >= 0.3 is 0 Å². The highest BCUT2D eigenvalue weighted by atomic mass is 32.1. The molecule has 3 heterocycles. The summed E-state index contributed by atoms with van der Waals surface area (Å²) in [5.74, 6) is 0.362. The Hall–Kier alpha value is -2.80. The minimum absolute atomic E-state index is 0.0935. The number of carboxylic acids is 1. The largest absolute Gasteiger partial charge is 0.545 e. The second-order valence-corrected chi connectivity index (χ2v) is 8.16. The fourth-order valence-electron chi connectivity index (χ4n) is 4.06. The summed E-state index contributed by atoms with van der Waals surface area (Å²) in [6, 6.07) is 6.69. The van der Waals surface area contributed by atoms with E-state index in [1.807, 2.05) is 6.92 Å². The smallest absolute Gasteiger partial charge is 0.182 e. The number of carboxylic acid groups (broad SMARTS) is 1. The van der Waals surface area contributed by atoms with Crippen molar-refractivity contribution < 1.29 is 9.90 Å². The van der Waals surface area contributed by atoms with Crippen LogP contribution in [0.4, 0.5) is 0 Å². The number of carbonyl (C=O) groups excluding carboxylic acids is 1. The van der Waals surface area contributed by atoms with E-state index in [1.54, 1.807) is 34.1 Å². The van der Waals surface area contributed by atoms with E-state index >= 15 is 0 Å². The highest BCUT2D eigenvalue weighted by molar-refractivity contribution is 7.19. The number of carbonyl (C=O) groups is 1. The molecule has 1 atom stereocenters. The summed E-state index contributed by atoms with van der Waals surface area (Å²) in [4.78, 5) is 23.4. The predicted molar refractivity (Wildman–Crippen MR) is 102 cm³/mol. The highest BCUT2D eigenvalue weighted by Crippen LogP contribution is 2.43. The molecule has 3 aromatic heterocycles. The summed E-state index contributed by atoms with van der Waals surface area (Å²) in [7, 11) is 0. The number of fused-ring (bicyclic) bond motifs is 5. The molecule has 0 fully saturated rings. The van der Waals surface area contributed by atoms with Crippen molar-refractivity contribution in [2.75, 3.05) is 0 Å². The Kier molecular flexibility index (Phi) is 3.55. The van der Waals surface area contributed by atoms with E-state index in [4.69, 9.17) is 9.97 Å². The van der Waals surface area contributed by atoms with Gasteiger partial charge < -0.3 is 9.90 Å². The Morgan fingerprint density at radius 1 is 1.30 bits per heavy atom. The Balaban J connectivity index is 1.84. The van der Waals surface area contributed by atoms with Crippen molar-refractivity contribution in [3.05, 3.63) is 46.1 Å². The van der Waals surface area contributed by atoms with Gasteiger partial charge in [-0.1, -0.05) is 31.2 Å². The van der Waals surface area contributed by atoms with Gasteiger partial charge in [0.25, 0.3) is 0 Å². The molecule has 0 spiro atoms. The molecule has 6 nitrogen and oxygen atoms in total. The Bertz CT molecular complexity index is 1220. The van der Waals surface area contributed by atoms with Crippen LogP contribution in [0, 0.1) is 6.92 Å². The van der Waals surface area contributed by atoms with Gasteiger partial charge in [-0.2, -0.15) is 4.52 Å². The van der Waals surface area contributed by atoms with Gasteiger partial charge in [-0.15, -0.1) is 16.4 Å². The number of aromatic carboxylic acids is 1. The van der Waals surface area contributed by atoms with E-state index in [1.165, 1.54) is 22.9 Å². The van der Waals surface area contributed by atoms with E-state index in [0.717, 1.165) is 34.5 Å². The van der Waals surface area contributed by atoms with Crippen molar-refractivity contribution in [1.82, 2.24) is 19.6 Å². The lowest BCUT2D eigenvalue weighted by Crippen LogP contribution is -2.23. The molecule has 136 valence electrons. The van der Waals surface area contributed by atoms with E-state index in [2.05, 4.69) is 12.0 Å². The highest BCUT2D eigenvalue weighted by Gasteiger charge is 2.26. The van der Waals surface area contributed by atoms with Crippen LogP contribution in [0.1, 0.15) is 52.3 Å². The van der Waals surface area contributed by atoms with Crippen molar-refractivity contribution in [3.8, 4) is 11.4 Å². The van der Waals surface area contributed by atoms with E-state index in [-0.39, 0.29) is 5.56 Å². The fraction of sp³-hybridized carbons (Fsp3) is 0.300. The SMILES string of the molecule is Cc1nc2sc3c(c2c2nc(-c4ccccc4C(=O)[O-])nn12)[C@@H](C)CCC3. The second kappa shape index (κ2) is 5.85. The maximum Gasteiger partial charge on any atom is 0.182 e. The van der Waals surface area contributed by atoms with Crippen molar-refractivity contribution >= 4 is 33.2 Å². The van der Waals surface area contributed by atoms with Crippen LogP contribution < -0.4 is 5.11 Å². The number of nitrogens with zero attached hydrogens (tertiary/aromatic N) is 4. The molecule has 1 aliphatic rings. The van der Waals surface area contributed by atoms with Crippen LogP contribution in [0.3, 0.4) is 0 Å². The third-order valence-electron chi connectivity index (χ3n) is 5.33. The lowest BCUT2D eigenvalue weighted by Gasteiger charge is -2.18. The van der Waals surface area contributed by atoms with Gasteiger partial charge in [0.15, 0.2) is 11.5 Å². The molecule has 0 saturated carbocycles. The average molecular weight is 377 g/mol. The monoisotopic (exact) mass is 377 g/mol. The quantitative estimate of drug-likeness (QED) is 0.536. The zero-order valence-electron chi connectivity index (χ0n) is 15.0. The maximum atomic E-state index is 11.5. The first-order valence-corrected chi connectivity index (χ1v) is 9.85. The molecule has 0 saturated heterocycles. The van der Waals surface area contributed by atoms with Crippen molar-refractivity contribution in [1.29, 1.82) is 0 Å². The molecule has 1 aromatic carbocycles. The van der Waals surface area contributed by atoms with Crippen molar-refractivity contribution in [2.24, 2.45) is 0 Å². The van der Waals surface area contributed by atoms with E-state index in [9.17, 15) is 9.90 Å². The third-order valence-corrected chi connectivity index (χ3v) is 6.48. The molecule has 0 N–H and O–H groups in total. The molecule has 1 aliphatic carbocycles. The minimum atomic E-state index is -1.23. The number of aryl methyl sites for hydroxylation is 2. The number of hydrogen-bond acceptors (Lipinski definition) is 6. The van der Waals surface area contributed by atoms with Gasteiger partial charge in [0.1, 0.15) is 10.7 Å². The van der Waals surface area contributed by atoms with Crippen LogP contribution in [0.5, 0.6) is 0 Å². The first kappa shape index (κ1) is 16.4. The lowest BCUT2D eigenvalue weighted by molar-refractivity contribution is -0.254. The van der Waals surface area contributed by atoms with Crippen LogP contribution in [-0.4, -0.2) is 25.6 Å². The van der Waals surface area contributed by atoms with Crippen molar-refractivity contribution in [3.63, 3.8) is 0 Å². The van der Waals surface area contributed by atoms with E-state index in [0.29, 0.717) is 17.3 Å². The zero-order chi connectivity index (χ0) is 18.7. The zero-order valence-corrected chi connectivity index (χ0v) is 15.8. The number of rotatable bonds is 2. The minimum Gasteiger partial charge on any atom is -0.545 e. The summed E-state index contributed by atoms with van der Waals surface area (Å²) in [5.41, 5.74) is 2.65. The van der Waals surface area contributed by atoms with Gasteiger partial charge in [-0.05, 0) is 37.7 Å². The summed E-state index contributed by atoms with van der Waals surface area (Å²) >= 11 is 1.75. The normalized spacial score (nSPS) is 16.7. The molecular formula is C20H17N4O2S-. The molecule has 0 amide bonds. The second-order valence-electron chi connectivity index (χ2n) is 7.08. The summed E-state index contributed by atoms with van der Waals surface area (Å²) in [6.45, 7) is 4.15. The Morgan fingerprint density at radius 2 is 2.11 bits per heavy atom. The van der Waals surface area contributed by atoms with E-state index < -0.39 is 5.97 Å². The molecular weight excluding hydrogens is 360 g/mol. The Labute approximate surface area is 159 Å². The van der Waals surface area contributed by atoms with Crippen molar-refractivity contribution in [2.45, 2.75) is 39.0 Å². The lowest BCUT2D eigenvalue weighted by atomic mass is 9.87. The molecule has 7 heteroatoms. The van der Waals surface area contributed by atoms with Gasteiger partial charge in [0, 0.05) is 16.0 Å². The average Bonchev–Trinajstić information content (AvgIpc) is 3.24. The number of benzene rings is 1. The predicted octanol–water partition coefficient (Wildman–Crippen LogP) is 3.12. The van der Waals surface area contributed by atoms with Crippen LogP contribution in [0.25, 0.3) is 27.3 Å². The molecule has 5 rings (SSSR count). The van der Waals surface area contributed by atoms with Gasteiger partial charge in [-0.25, -0.2) is 9.97 Å². The molecule has 0 radical (unpaired) electrons. The van der Waals surface area contributed by atoms with Crippen LogP contribution in [-0.2, 0) is 6.42 Å². The molecule has 0 bridgehead atoms. The summed E-state index contributed by atoms with van der Waals surface area (Å²) < 4.78 is 1.73. The Morgan fingerprint density at radius 3 is 2.93 bits per heavy atom. The number of hydrogen-bond donors (Lipinski definition) is 0. The fourth-order valence-corrected chi connectivity index (χ4v) is 5.43. The molecule has 27 heavy (non-hydrogen) atoms. The van der Waals surface area contributed by atoms with Crippen LogP contribution in [0.15, 0.2) is 24.3 Å². The van der Waals surface area contributed by atoms with Gasteiger partial charge in [0.2, 0.25) is 0 Å². The molecule has 4 aromatic rings. The van der Waals surface area contributed by atoms with Crippen LogP contribution in [0.2, 0.25) is 0 Å². The third kappa shape index (κ3) is 2.38. The standard InChI is InChI=1S/C20H18N4O2S/c1-10-6-5-9-14-15(10)16-18-22-17(12-7-3-4-8-13(12)20(25)26)23-24(18)11(2)21-19(16)27-14/h3-4,7-8,10H,5-6,9H2,1-2H3,(H,25,26)/p-1/t10-/m0/s1.